The summed E-state index contributed by atoms with van der Waals surface area (Å²) in [4.78, 5) is 18.5. The number of urea groups is 1. The summed E-state index contributed by atoms with van der Waals surface area (Å²) in [7, 11) is 0. The number of nitrogens with two attached hydrogens (primary N) is 2. The fourth-order valence-corrected chi connectivity index (χ4v) is 0. The molecule has 0 spiro atoms. The highest BCUT2D eigenvalue weighted by Gasteiger charge is 1.79. The number of hydrogen-bond acceptors (Lipinski definition) is 2. The van der Waals surface area contributed by atoms with Crippen molar-refractivity contribution in [2.75, 3.05) is 0 Å². The van der Waals surface area contributed by atoms with E-state index in [1.807, 2.05) is 13.8 Å². The van der Waals surface area contributed by atoms with E-state index in [2.05, 4.69) is 11.5 Å². The maximum absolute atomic E-state index is 9.50. The number of rotatable bonds is 1. The van der Waals surface area contributed by atoms with Gasteiger partial charge in [-0.3, -0.25) is 0 Å². The minimum atomic E-state index is -0.833. The Bertz CT molecular complexity index is 87.0. The molecule has 0 bridgehead atoms. The molecule has 0 unspecified atom stereocenters. The smallest absolute Gasteiger partial charge is 0.309 e. The predicted octanol–water partition coefficient (Wildman–Crippen LogP) is -0.135. The Hall–Kier alpha value is -1.06. The van der Waals surface area contributed by atoms with Crippen molar-refractivity contribution in [2.45, 2.75) is 13.8 Å². The quantitative estimate of drug-likeness (QED) is 0.487. The Morgan fingerprint density at radius 3 is 1.56 bits per heavy atom. The molecule has 0 aromatic carbocycles. The standard InChI is InChI=1S/C4H8O.CH4N2O/c1-4(2)3-5;2-1(3)4/h3-4H,1-2H3;(H4,2,3,4). The van der Waals surface area contributed by atoms with E-state index in [0.29, 0.717) is 0 Å². The minimum absolute atomic E-state index is 0.204. The van der Waals surface area contributed by atoms with Crippen LogP contribution in [0.1, 0.15) is 13.8 Å². The van der Waals surface area contributed by atoms with Gasteiger partial charge in [-0.15, -0.1) is 0 Å². The zero-order valence-corrected chi connectivity index (χ0v) is 5.63. The second-order valence-electron chi connectivity index (χ2n) is 1.78. The molecule has 4 heteroatoms. The van der Waals surface area contributed by atoms with Gasteiger partial charge in [0.1, 0.15) is 6.29 Å². The third-order valence-electron chi connectivity index (χ3n) is 0.272. The molecule has 54 valence electrons. The van der Waals surface area contributed by atoms with Crippen LogP contribution < -0.4 is 11.5 Å². The van der Waals surface area contributed by atoms with Gasteiger partial charge < -0.3 is 16.3 Å². The van der Waals surface area contributed by atoms with Gasteiger partial charge in [0.25, 0.3) is 0 Å². The second-order valence-corrected chi connectivity index (χ2v) is 1.78. The summed E-state index contributed by atoms with van der Waals surface area (Å²) in [5.74, 6) is 0.204. The highest BCUT2D eigenvalue weighted by molar-refractivity contribution is 5.69. The first kappa shape index (κ1) is 10.8. The molecule has 0 heterocycles. The van der Waals surface area contributed by atoms with Crippen molar-refractivity contribution < 1.29 is 9.59 Å². The van der Waals surface area contributed by atoms with Crippen LogP contribution in [-0.2, 0) is 4.79 Å². The molecule has 0 aliphatic carbocycles. The van der Waals surface area contributed by atoms with Gasteiger partial charge in [0.05, 0.1) is 0 Å². The molecule has 2 amide bonds. The zero-order valence-electron chi connectivity index (χ0n) is 5.63. The zero-order chi connectivity index (χ0) is 7.86. The number of carbonyl (C=O) groups excluding carboxylic acids is 2. The summed E-state index contributed by atoms with van der Waals surface area (Å²) >= 11 is 0. The Kier molecular flexibility index (Phi) is 8.36. The van der Waals surface area contributed by atoms with Gasteiger partial charge in [0.15, 0.2) is 0 Å². The fourth-order valence-electron chi connectivity index (χ4n) is 0. The average molecular weight is 132 g/mol. The Morgan fingerprint density at radius 1 is 1.44 bits per heavy atom. The van der Waals surface area contributed by atoms with Crippen LogP contribution in [0.5, 0.6) is 0 Å². The lowest BCUT2D eigenvalue weighted by Crippen LogP contribution is -2.18. The van der Waals surface area contributed by atoms with Crippen LogP contribution >= 0.6 is 0 Å². The summed E-state index contributed by atoms with van der Waals surface area (Å²) in [5, 5.41) is 0. The Balaban J connectivity index is 0. The van der Waals surface area contributed by atoms with Gasteiger partial charge in [-0.1, -0.05) is 13.8 Å². The molecule has 0 aromatic heterocycles. The SMILES string of the molecule is CC(C)C=O.NC(N)=O. The van der Waals surface area contributed by atoms with Gasteiger partial charge >= 0.3 is 6.03 Å². The summed E-state index contributed by atoms with van der Waals surface area (Å²) in [6.45, 7) is 3.71. The van der Waals surface area contributed by atoms with Crippen molar-refractivity contribution in [3.8, 4) is 0 Å². The Morgan fingerprint density at radius 2 is 1.56 bits per heavy atom. The molecular formula is C5H12N2O2. The number of primary amides is 2. The third-order valence-corrected chi connectivity index (χ3v) is 0.272. The monoisotopic (exact) mass is 132 g/mol. The molecule has 0 aliphatic rings. The first-order valence-electron chi connectivity index (χ1n) is 2.51. The normalized spacial score (nSPS) is 7.44. The molecule has 9 heavy (non-hydrogen) atoms. The highest BCUT2D eigenvalue weighted by atomic mass is 16.2. The summed E-state index contributed by atoms with van der Waals surface area (Å²) in [6.07, 6.45) is 0.917. The highest BCUT2D eigenvalue weighted by Crippen LogP contribution is 1.78. The van der Waals surface area contributed by atoms with Crippen molar-refractivity contribution in [1.82, 2.24) is 0 Å². The molecule has 4 N–H and O–H groups in total. The number of carbonyl (C=O) groups is 2. The van der Waals surface area contributed by atoms with Crippen LogP contribution in [-0.4, -0.2) is 12.3 Å². The van der Waals surface area contributed by atoms with E-state index >= 15 is 0 Å². The van der Waals surface area contributed by atoms with Gasteiger partial charge in [-0.25, -0.2) is 4.79 Å². The molecule has 4 nitrogen and oxygen atoms in total. The van der Waals surface area contributed by atoms with Crippen molar-refractivity contribution >= 4 is 12.3 Å². The Labute approximate surface area is 54.2 Å². The van der Waals surface area contributed by atoms with Crippen molar-refractivity contribution in [3.63, 3.8) is 0 Å². The average Bonchev–Trinajstić information content (AvgIpc) is 1.65. The van der Waals surface area contributed by atoms with E-state index in [9.17, 15) is 4.79 Å². The van der Waals surface area contributed by atoms with Crippen LogP contribution in [0.25, 0.3) is 0 Å². The molecule has 0 aliphatic heterocycles. The maximum atomic E-state index is 9.50. The van der Waals surface area contributed by atoms with Gasteiger partial charge in [-0.2, -0.15) is 0 Å². The van der Waals surface area contributed by atoms with Crippen molar-refractivity contribution in [3.05, 3.63) is 0 Å². The maximum Gasteiger partial charge on any atom is 0.309 e. The van der Waals surface area contributed by atoms with Crippen LogP contribution in [0.4, 0.5) is 4.79 Å². The van der Waals surface area contributed by atoms with Gasteiger partial charge in [0.2, 0.25) is 0 Å². The largest absolute Gasteiger partial charge is 0.352 e. The van der Waals surface area contributed by atoms with Crippen LogP contribution in [0.2, 0.25) is 0 Å². The molecule has 0 fully saturated rings. The van der Waals surface area contributed by atoms with Gasteiger partial charge in [-0.05, 0) is 0 Å². The predicted molar refractivity (Wildman–Crippen MR) is 34.7 cm³/mol. The lowest BCUT2D eigenvalue weighted by molar-refractivity contribution is -0.110. The van der Waals surface area contributed by atoms with E-state index in [0.717, 1.165) is 6.29 Å². The summed E-state index contributed by atoms with van der Waals surface area (Å²) in [5.41, 5.74) is 8.50. The van der Waals surface area contributed by atoms with Crippen LogP contribution in [0.3, 0.4) is 0 Å². The molecule has 0 saturated heterocycles. The first-order valence-corrected chi connectivity index (χ1v) is 2.51. The molecule has 0 rings (SSSR count). The molecule has 0 aromatic rings. The second kappa shape index (κ2) is 6.94. The number of hydrogen-bond donors (Lipinski definition) is 2. The number of amides is 2. The van der Waals surface area contributed by atoms with E-state index in [1.165, 1.54) is 0 Å². The topological polar surface area (TPSA) is 86.2 Å². The van der Waals surface area contributed by atoms with Crippen molar-refractivity contribution in [2.24, 2.45) is 17.4 Å². The van der Waals surface area contributed by atoms with E-state index in [4.69, 9.17) is 4.79 Å². The van der Waals surface area contributed by atoms with E-state index < -0.39 is 6.03 Å². The fraction of sp³-hybridized carbons (Fsp3) is 0.600. The number of aldehydes is 1. The first-order chi connectivity index (χ1) is 4.00. The van der Waals surface area contributed by atoms with E-state index in [1.54, 1.807) is 0 Å². The molecule has 0 radical (unpaired) electrons. The van der Waals surface area contributed by atoms with E-state index in [-0.39, 0.29) is 5.92 Å². The summed E-state index contributed by atoms with van der Waals surface area (Å²) < 4.78 is 0. The summed E-state index contributed by atoms with van der Waals surface area (Å²) in [6, 6.07) is -0.833. The van der Waals surface area contributed by atoms with Crippen LogP contribution in [0.15, 0.2) is 0 Å². The lowest BCUT2D eigenvalue weighted by atomic mass is 10.3. The molecule has 0 saturated carbocycles. The molecular weight excluding hydrogens is 120 g/mol. The van der Waals surface area contributed by atoms with Crippen molar-refractivity contribution in [1.29, 1.82) is 0 Å². The van der Waals surface area contributed by atoms with Gasteiger partial charge in [0, 0.05) is 5.92 Å². The lowest BCUT2D eigenvalue weighted by Gasteiger charge is -1.78. The molecule has 0 atom stereocenters. The third kappa shape index (κ3) is 192. The minimum Gasteiger partial charge on any atom is -0.352 e. The van der Waals surface area contributed by atoms with Crippen LogP contribution in [0, 0.1) is 5.92 Å².